The van der Waals surface area contributed by atoms with Gasteiger partial charge in [-0.25, -0.2) is 4.39 Å². The molecule has 0 aromatic heterocycles. The van der Waals surface area contributed by atoms with Crippen LogP contribution in [0.15, 0.2) is 24.3 Å². The molecule has 3 fully saturated rings. The Labute approximate surface area is 118 Å². The molecule has 1 N–H and O–H groups in total. The maximum absolute atomic E-state index is 13.7. The molecule has 0 heterocycles. The Morgan fingerprint density at radius 3 is 2.75 bits per heavy atom. The number of halogens is 1. The number of nitrogens with one attached hydrogen (secondary N) is 1. The third-order valence-corrected chi connectivity index (χ3v) is 5.86. The molecule has 3 heteroatoms. The molecular formula is C17H20FNO. The summed E-state index contributed by atoms with van der Waals surface area (Å²) in [6, 6.07) is 6.52. The van der Waals surface area contributed by atoms with Gasteiger partial charge in [0.1, 0.15) is 5.82 Å². The fraction of sp³-hybridized carbons (Fsp3) is 0.588. The summed E-state index contributed by atoms with van der Waals surface area (Å²) >= 11 is 0. The molecule has 1 amide bonds. The van der Waals surface area contributed by atoms with E-state index in [1.165, 1.54) is 31.7 Å². The van der Waals surface area contributed by atoms with E-state index in [0.717, 1.165) is 24.2 Å². The lowest BCUT2D eigenvalue weighted by Gasteiger charge is -2.32. The van der Waals surface area contributed by atoms with Crippen LogP contribution in [0, 0.1) is 29.5 Å². The summed E-state index contributed by atoms with van der Waals surface area (Å²) in [6.07, 6.45) is 6.46. The second-order valence-corrected chi connectivity index (χ2v) is 6.71. The van der Waals surface area contributed by atoms with Gasteiger partial charge in [-0.1, -0.05) is 18.6 Å². The van der Waals surface area contributed by atoms with Crippen LogP contribution in [0.3, 0.4) is 0 Å². The van der Waals surface area contributed by atoms with Gasteiger partial charge in [-0.05, 0) is 61.5 Å². The molecule has 0 aliphatic heterocycles. The van der Waals surface area contributed by atoms with E-state index in [1.807, 2.05) is 0 Å². The lowest BCUT2D eigenvalue weighted by Crippen LogP contribution is -2.42. The standard InChI is InChI=1S/C17H20FNO/c18-15-7-2-1-4-13(15)17(20)19-16-9-10-8-14(16)12-6-3-5-11(10)12/h1-2,4,7,10-12,14,16H,3,5-6,8-9H2,(H,19,20). The topological polar surface area (TPSA) is 29.1 Å². The van der Waals surface area contributed by atoms with Gasteiger partial charge in [0.25, 0.3) is 5.91 Å². The lowest BCUT2D eigenvalue weighted by molar-refractivity contribution is 0.0897. The number of hydrogen-bond acceptors (Lipinski definition) is 1. The zero-order valence-electron chi connectivity index (χ0n) is 11.5. The molecule has 106 valence electrons. The van der Waals surface area contributed by atoms with E-state index < -0.39 is 5.82 Å². The zero-order chi connectivity index (χ0) is 13.7. The van der Waals surface area contributed by atoms with Crippen molar-refractivity contribution in [1.29, 1.82) is 0 Å². The van der Waals surface area contributed by atoms with Gasteiger partial charge in [0, 0.05) is 6.04 Å². The maximum atomic E-state index is 13.7. The first-order valence-electron chi connectivity index (χ1n) is 7.79. The van der Waals surface area contributed by atoms with E-state index in [9.17, 15) is 9.18 Å². The molecule has 4 rings (SSSR count). The van der Waals surface area contributed by atoms with Crippen LogP contribution < -0.4 is 5.32 Å². The number of carbonyl (C=O) groups is 1. The number of amides is 1. The summed E-state index contributed by atoms with van der Waals surface area (Å²) in [5, 5.41) is 3.10. The highest BCUT2D eigenvalue weighted by Crippen LogP contribution is 2.58. The van der Waals surface area contributed by atoms with Crippen LogP contribution >= 0.6 is 0 Å². The minimum absolute atomic E-state index is 0.179. The van der Waals surface area contributed by atoms with Gasteiger partial charge in [-0.3, -0.25) is 4.79 Å². The molecule has 3 aliphatic rings. The first-order chi connectivity index (χ1) is 9.74. The second kappa shape index (κ2) is 4.57. The maximum Gasteiger partial charge on any atom is 0.254 e. The predicted molar refractivity (Wildman–Crippen MR) is 74.7 cm³/mol. The highest BCUT2D eigenvalue weighted by molar-refractivity contribution is 5.94. The van der Waals surface area contributed by atoms with Crippen molar-refractivity contribution >= 4 is 5.91 Å². The molecule has 1 aromatic rings. The first kappa shape index (κ1) is 12.4. The van der Waals surface area contributed by atoms with Crippen LogP contribution in [-0.4, -0.2) is 11.9 Å². The summed E-state index contributed by atoms with van der Waals surface area (Å²) in [5.74, 6) is 2.52. The Morgan fingerprint density at radius 1 is 1.10 bits per heavy atom. The van der Waals surface area contributed by atoms with Crippen molar-refractivity contribution in [2.24, 2.45) is 23.7 Å². The summed E-state index contributed by atoms with van der Waals surface area (Å²) in [4.78, 5) is 12.2. The van der Waals surface area contributed by atoms with E-state index in [4.69, 9.17) is 0 Å². The number of hydrogen-bond donors (Lipinski definition) is 1. The third-order valence-electron chi connectivity index (χ3n) is 5.86. The van der Waals surface area contributed by atoms with E-state index in [-0.39, 0.29) is 17.5 Å². The smallest absolute Gasteiger partial charge is 0.254 e. The minimum atomic E-state index is -0.424. The minimum Gasteiger partial charge on any atom is -0.349 e. The van der Waals surface area contributed by atoms with Crippen molar-refractivity contribution in [1.82, 2.24) is 5.32 Å². The number of carbonyl (C=O) groups excluding carboxylic acids is 1. The number of fused-ring (bicyclic) bond motifs is 5. The fourth-order valence-corrected chi connectivity index (χ4v) is 5.13. The van der Waals surface area contributed by atoms with Crippen LogP contribution in [0.2, 0.25) is 0 Å². The van der Waals surface area contributed by atoms with Crippen LogP contribution in [0.25, 0.3) is 0 Å². The Bertz CT molecular complexity index is 544. The third kappa shape index (κ3) is 1.79. The summed E-state index contributed by atoms with van der Waals surface area (Å²) < 4.78 is 13.7. The molecule has 5 unspecified atom stereocenters. The Kier molecular flexibility index (Phi) is 2.83. The van der Waals surface area contributed by atoms with Crippen molar-refractivity contribution in [2.75, 3.05) is 0 Å². The van der Waals surface area contributed by atoms with Crippen LogP contribution in [0.4, 0.5) is 4.39 Å². The molecule has 2 bridgehead atoms. The summed E-state index contributed by atoms with van der Waals surface area (Å²) in [5.41, 5.74) is 0.179. The zero-order valence-corrected chi connectivity index (χ0v) is 11.5. The monoisotopic (exact) mass is 273 g/mol. The highest BCUT2D eigenvalue weighted by Gasteiger charge is 2.54. The molecular weight excluding hydrogens is 253 g/mol. The Morgan fingerprint density at radius 2 is 1.90 bits per heavy atom. The van der Waals surface area contributed by atoms with Gasteiger partial charge < -0.3 is 5.32 Å². The van der Waals surface area contributed by atoms with Gasteiger partial charge in [0.15, 0.2) is 0 Å². The molecule has 0 radical (unpaired) electrons. The molecule has 3 aliphatic carbocycles. The van der Waals surface area contributed by atoms with E-state index in [0.29, 0.717) is 5.92 Å². The largest absolute Gasteiger partial charge is 0.349 e. The van der Waals surface area contributed by atoms with Gasteiger partial charge in [-0.15, -0.1) is 0 Å². The molecule has 2 nitrogen and oxygen atoms in total. The van der Waals surface area contributed by atoms with Gasteiger partial charge in [-0.2, -0.15) is 0 Å². The summed E-state index contributed by atoms with van der Waals surface area (Å²) in [7, 11) is 0. The molecule has 5 atom stereocenters. The Hall–Kier alpha value is -1.38. The van der Waals surface area contributed by atoms with Crippen LogP contribution in [0.1, 0.15) is 42.5 Å². The summed E-state index contributed by atoms with van der Waals surface area (Å²) in [6.45, 7) is 0. The first-order valence-corrected chi connectivity index (χ1v) is 7.79. The van der Waals surface area contributed by atoms with Gasteiger partial charge in [0.2, 0.25) is 0 Å². The van der Waals surface area contributed by atoms with Crippen molar-refractivity contribution < 1.29 is 9.18 Å². The molecule has 3 saturated carbocycles. The fourth-order valence-electron chi connectivity index (χ4n) is 5.13. The average Bonchev–Trinajstić information content (AvgIpc) is 3.10. The van der Waals surface area contributed by atoms with Crippen molar-refractivity contribution in [2.45, 2.75) is 38.1 Å². The van der Waals surface area contributed by atoms with E-state index in [2.05, 4.69) is 5.32 Å². The van der Waals surface area contributed by atoms with Gasteiger partial charge >= 0.3 is 0 Å². The number of benzene rings is 1. The van der Waals surface area contributed by atoms with Crippen molar-refractivity contribution in [3.8, 4) is 0 Å². The number of rotatable bonds is 2. The molecule has 0 saturated heterocycles. The Balaban J connectivity index is 1.48. The average molecular weight is 273 g/mol. The van der Waals surface area contributed by atoms with Gasteiger partial charge in [0.05, 0.1) is 5.56 Å². The molecule has 0 spiro atoms. The SMILES string of the molecule is O=C(NC1CC2CC1C1CCCC21)c1ccccc1F. The second-order valence-electron chi connectivity index (χ2n) is 6.71. The van der Waals surface area contributed by atoms with Crippen LogP contribution in [0.5, 0.6) is 0 Å². The highest BCUT2D eigenvalue weighted by atomic mass is 19.1. The lowest BCUT2D eigenvalue weighted by atomic mass is 9.79. The van der Waals surface area contributed by atoms with Crippen molar-refractivity contribution in [3.05, 3.63) is 35.6 Å². The van der Waals surface area contributed by atoms with E-state index >= 15 is 0 Å². The normalized spacial score (nSPS) is 38.0. The molecule has 20 heavy (non-hydrogen) atoms. The quantitative estimate of drug-likeness (QED) is 0.879. The van der Waals surface area contributed by atoms with Crippen LogP contribution in [-0.2, 0) is 0 Å². The van der Waals surface area contributed by atoms with Crippen molar-refractivity contribution in [3.63, 3.8) is 0 Å². The van der Waals surface area contributed by atoms with E-state index in [1.54, 1.807) is 18.2 Å². The molecule has 1 aromatic carbocycles. The predicted octanol–water partition coefficient (Wildman–Crippen LogP) is 3.38.